The fourth-order valence-electron chi connectivity index (χ4n) is 1.54. The minimum Gasteiger partial charge on any atom is -0.316 e. The van der Waals surface area contributed by atoms with Crippen LogP contribution in [0.1, 0.15) is 19.8 Å². The van der Waals surface area contributed by atoms with Crippen LogP contribution in [-0.2, 0) is 0 Å². The Labute approximate surface area is 63.5 Å². The summed E-state index contributed by atoms with van der Waals surface area (Å²) >= 11 is 0. The second kappa shape index (κ2) is 3.77. The number of hydrogen-bond acceptors (Lipinski definition) is 1. The first-order valence-electron chi connectivity index (χ1n) is 4.16. The summed E-state index contributed by atoms with van der Waals surface area (Å²) in [5.41, 5.74) is 0. The SMILES string of the molecule is C=CC(C)CC1CCNC1. The van der Waals surface area contributed by atoms with Crippen LogP contribution in [0.15, 0.2) is 12.7 Å². The van der Waals surface area contributed by atoms with Gasteiger partial charge in [0.15, 0.2) is 0 Å². The maximum atomic E-state index is 3.78. The lowest BCUT2D eigenvalue weighted by molar-refractivity contribution is 0.467. The van der Waals surface area contributed by atoms with Crippen molar-refractivity contribution in [3.05, 3.63) is 12.7 Å². The van der Waals surface area contributed by atoms with Crippen LogP contribution in [0, 0.1) is 11.8 Å². The van der Waals surface area contributed by atoms with Gasteiger partial charge < -0.3 is 5.32 Å². The van der Waals surface area contributed by atoms with Crippen molar-refractivity contribution in [2.75, 3.05) is 13.1 Å². The molecule has 0 saturated carbocycles. The van der Waals surface area contributed by atoms with E-state index in [4.69, 9.17) is 0 Å². The normalized spacial score (nSPS) is 28.3. The maximum absolute atomic E-state index is 3.78. The highest BCUT2D eigenvalue weighted by Gasteiger charge is 2.15. The minimum atomic E-state index is 0.699. The Balaban J connectivity index is 2.17. The second-order valence-corrected chi connectivity index (χ2v) is 3.31. The van der Waals surface area contributed by atoms with E-state index in [-0.39, 0.29) is 0 Å². The predicted molar refractivity (Wildman–Crippen MR) is 45.0 cm³/mol. The van der Waals surface area contributed by atoms with E-state index in [9.17, 15) is 0 Å². The van der Waals surface area contributed by atoms with Gasteiger partial charge in [0.1, 0.15) is 0 Å². The van der Waals surface area contributed by atoms with E-state index < -0.39 is 0 Å². The van der Waals surface area contributed by atoms with Crippen LogP contribution in [-0.4, -0.2) is 13.1 Å². The van der Waals surface area contributed by atoms with Crippen LogP contribution < -0.4 is 5.32 Å². The fraction of sp³-hybridized carbons (Fsp3) is 0.778. The fourth-order valence-corrected chi connectivity index (χ4v) is 1.54. The molecule has 1 nitrogen and oxygen atoms in total. The molecule has 0 aromatic rings. The summed E-state index contributed by atoms with van der Waals surface area (Å²) in [4.78, 5) is 0. The summed E-state index contributed by atoms with van der Waals surface area (Å²) in [6.45, 7) is 8.46. The quantitative estimate of drug-likeness (QED) is 0.588. The van der Waals surface area contributed by atoms with Crippen molar-refractivity contribution in [1.29, 1.82) is 0 Å². The van der Waals surface area contributed by atoms with E-state index in [0.29, 0.717) is 5.92 Å². The van der Waals surface area contributed by atoms with Crippen LogP contribution in [0.4, 0.5) is 0 Å². The Hall–Kier alpha value is -0.300. The standard InChI is InChI=1S/C9H17N/c1-3-8(2)6-9-4-5-10-7-9/h3,8-10H,1,4-7H2,2H3. The Morgan fingerprint density at radius 1 is 1.80 bits per heavy atom. The third kappa shape index (κ3) is 2.14. The van der Waals surface area contributed by atoms with Gasteiger partial charge in [-0.1, -0.05) is 13.0 Å². The summed E-state index contributed by atoms with van der Waals surface area (Å²) in [6, 6.07) is 0. The molecule has 10 heavy (non-hydrogen) atoms. The highest BCUT2D eigenvalue weighted by Crippen LogP contribution is 2.18. The topological polar surface area (TPSA) is 12.0 Å². The van der Waals surface area contributed by atoms with E-state index in [0.717, 1.165) is 5.92 Å². The molecule has 1 fully saturated rings. The van der Waals surface area contributed by atoms with Gasteiger partial charge in [0, 0.05) is 0 Å². The molecular weight excluding hydrogens is 122 g/mol. The summed E-state index contributed by atoms with van der Waals surface area (Å²) in [7, 11) is 0. The van der Waals surface area contributed by atoms with E-state index >= 15 is 0 Å². The van der Waals surface area contributed by atoms with Crippen molar-refractivity contribution in [2.24, 2.45) is 11.8 Å². The van der Waals surface area contributed by atoms with Crippen molar-refractivity contribution < 1.29 is 0 Å². The molecule has 0 spiro atoms. The van der Waals surface area contributed by atoms with Crippen molar-refractivity contribution in [1.82, 2.24) is 5.32 Å². The van der Waals surface area contributed by atoms with Crippen LogP contribution in [0.2, 0.25) is 0 Å². The van der Waals surface area contributed by atoms with Gasteiger partial charge >= 0.3 is 0 Å². The Morgan fingerprint density at radius 3 is 3.10 bits per heavy atom. The second-order valence-electron chi connectivity index (χ2n) is 3.31. The number of hydrogen-bond donors (Lipinski definition) is 1. The molecule has 0 aliphatic carbocycles. The molecule has 0 amide bonds. The largest absolute Gasteiger partial charge is 0.316 e. The van der Waals surface area contributed by atoms with E-state index in [2.05, 4.69) is 24.9 Å². The zero-order valence-corrected chi connectivity index (χ0v) is 6.77. The summed E-state index contributed by atoms with van der Waals surface area (Å²) in [6.07, 6.45) is 4.73. The molecule has 0 bridgehead atoms. The highest BCUT2D eigenvalue weighted by atomic mass is 14.9. The van der Waals surface area contributed by atoms with Crippen molar-refractivity contribution in [2.45, 2.75) is 19.8 Å². The summed E-state index contributed by atoms with van der Waals surface area (Å²) < 4.78 is 0. The van der Waals surface area contributed by atoms with Gasteiger partial charge in [-0.25, -0.2) is 0 Å². The number of rotatable bonds is 3. The van der Waals surface area contributed by atoms with Gasteiger partial charge in [-0.2, -0.15) is 0 Å². The van der Waals surface area contributed by atoms with Crippen LogP contribution in [0.25, 0.3) is 0 Å². The number of nitrogens with one attached hydrogen (secondary N) is 1. The van der Waals surface area contributed by atoms with E-state index in [1.54, 1.807) is 0 Å². The molecule has 2 atom stereocenters. The Bertz CT molecular complexity index is 103. The molecule has 58 valence electrons. The smallest absolute Gasteiger partial charge is 0.00198 e. The van der Waals surface area contributed by atoms with E-state index in [1.165, 1.54) is 25.9 Å². The zero-order chi connectivity index (χ0) is 7.40. The molecule has 0 radical (unpaired) electrons. The summed E-state index contributed by atoms with van der Waals surface area (Å²) in [5.74, 6) is 1.61. The molecule has 1 N–H and O–H groups in total. The first-order chi connectivity index (χ1) is 4.83. The van der Waals surface area contributed by atoms with Crippen molar-refractivity contribution >= 4 is 0 Å². The predicted octanol–water partition coefficient (Wildman–Crippen LogP) is 1.81. The molecule has 1 aliphatic rings. The molecule has 0 aromatic heterocycles. The van der Waals surface area contributed by atoms with Gasteiger partial charge in [0.2, 0.25) is 0 Å². The minimum absolute atomic E-state index is 0.699. The Morgan fingerprint density at radius 2 is 2.60 bits per heavy atom. The monoisotopic (exact) mass is 139 g/mol. The lowest BCUT2D eigenvalue weighted by Gasteiger charge is -2.10. The third-order valence-electron chi connectivity index (χ3n) is 2.27. The van der Waals surface area contributed by atoms with Crippen molar-refractivity contribution in [3.63, 3.8) is 0 Å². The summed E-state index contributed by atoms with van der Waals surface area (Å²) in [5, 5.41) is 3.37. The average molecular weight is 139 g/mol. The third-order valence-corrected chi connectivity index (χ3v) is 2.27. The first kappa shape index (κ1) is 7.80. The van der Waals surface area contributed by atoms with Gasteiger partial charge in [-0.3, -0.25) is 0 Å². The Kier molecular flexibility index (Phi) is 2.94. The molecule has 1 saturated heterocycles. The maximum Gasteiger partial charge on any atom is -0.00198 e. The van der Waals surface area contributed by atoms with Gasteiger partial charge in [0.05, 0.1) is 0 Å². The average Bonchev–Trinajstić information content (AvgIpc) is 2.40. The first-order valence-corrected chi connectivity index (χ1v) is 4.16. The molecular formula is C9H17N. The van der Waals surface area contributed by atoms with Gasteiger partial charge in [0.25, 0.3) is 0 Å². The van der Waals surface area contributed by atoms with Crippen LogP contribution in [0.5, 0.6) is 0 Å². The lowest BCUT2D eigenvalue weighted by atomic mass is 9.95. The zero-order valence-electron chi connectivity index (χ0n) is 6.77. The van der Waals surface area contributed by atoms with Crippen LogP contribution >= 0.6 is 0 Å². The van der Waals surface area contributed by atoms with Crippen molar-refractivity contribution in [3.8, 4) is 0 Å². The van der Waals surface area contributed by atoms with Gasteiger partial charge in [-0.15, -0.1) is 6.58 Å². The number of allylic oxidation sites excluding steroid dienone is 1. The van der Waals surface area contributed by atoms with E-state index in [1.807, 2.05) is 0 Å². The molecule has 1 heterocycles. The molecule has 1 heteroatoms. The lowest BCUT2D eigenvalue weighted by Crippen LogP contribution is -2.10. The van der Waals surface area contributed by atoms with Crippen LogP contribution in [0.3, 0.4) is 0 Å². The molecule has 1 aliphatic heterocycles. The molecule has 1 rings (SSSR count). The molecule has 0 aromatic carbocycles. The highest BCUT2D eigenvalue weighted by molar-refractivity contribution is 4.80. The van der Waals surface area contributed by atoms with Gasteiger partial charge in [-0.05, 0) is 37.8 Å². The molecule has 2 unspecified atom stereocenters.